The van der Waals surface area contributed by atoms with Gasteiger partial charge in [-0.1, -0.05) is 25.5 Å². The van der Waals surface area contributed by atoms with E-state index in [1.165, 1.54) is 0 Å². The van der Waals surface area contributed by atoms with E-state index < -0.39 is 5.60 Å². The number of carbonyl (C=O) groups is 2. The SMILES string of the molecule is CCCCNC(=O)c1ccc(CNC(=NC)N2CCC(NC(=O)OC(C)(C)C)C2)cc1. The molecular weight excluding hydrogens is 394 g/mol. The average Bonchev–Trinajstić information content (AvgIpc) is 3.15. The first-order chi connectivity index (χ1) is 14.7. The molecule has 1 aliphatic heterocycles. The summed E-state index contributed by atoms with van der Waals surface area (Å²) in [6.07, 6.45) is 2.49. The third kappa shape index (κ3) is 8.47. The fourth-order valence-corrected chi connectivity index (χ4v) is 3.31. The van der Waals surface area contributed by atoms with Crippen LogP contribution in [0.15, 0.2) is 29.3 Å². The van der Waals surface area contributed by atoms with Crippen molar-refractivity contribution in [3.63, 3.8) is 0 Å². The van der Waals surface area contributed by atoms with Crippen molar-refractivity contribution < 1.29 is 14.3 Å². The van der Waals surface area contributed by atoms with Crippen LogP contribution in [-0.4, -0.2) is 61.2 Å². The molecule has 1 aromatic carbocycles. The van der Waals surface area contributed by atoms with Crippen molar-refractivity contribution in [2.75, 3.05) is 26.7 Å². The molecule has 1 atom stereocenters. The van der Waals surface area contributed by atoms with Crippen LogP contribution in [0.1, 0.15) is 62.9 Å². The molecule has 2 amide bonds. The Morgan fingerprint density at radius 2 is 1.90 bits per heavy atom. The number of nitrogens with one attached hydrogen (secondary N) is 3. The number of benzene rings is 1. The Morgan fingerprint density at radius 3 is 2.52 bits per heavy atom. The van der Waals surface area contributed by atoms with Crippen LogP contribution in [0.3, 0.4) is 0 Å². The number of hydrogen-bond acceptors (Lipinski definition) is 4. The molecule has 2 rings (SSSR count). The number of ether oxygens (including phenoxy) is 1. The molecule has 1 unspecified atom stereocenters. The van der Waals surface area contributed by atoms with Gasteiger partial charge in [0.1, 0.15) is 5.60 Å². The first-order valence-corrected chi connectivity index (χ1v) is 11.0. The highest BCUT2D eigenvalue weighted by Gasteiger charge is 2.27. The first-order valence-electron chi connectivity index (χ1n) is 11.0. The van der Waals surface area contributed by atoms with Crippen LogP contribution in [0, 0.1) is 0 Å². The van der Waals surface area contributed by atoms with Crippen LogP contribution in [0.4, 0.5) is 4.79 Å². The number of nitrogens with zero attached hydrogens (tertiary/aromatic N) is 2. The van der Waals surface area contributed by atoms with Gasteiger partial charge in [-0.05, 0) is 51.3 Å². The molecule has 31 heavy (non-hydrogen) atoms. The molecule has 1 fully saturated rings. The first kappa shape index (κ1) is 24.5. The molecule has 0 aromatic heterocycles. The van der Waals surface area contributed by atoms with Crippen LogP contribution < -0.4 is 16.0 Å². The molecule has 0 aliphatic carbocycles. The van der Waals surface area contributed by atoms with Gasteiger partial charge in [-0.2, -0.15) is 0 Å². The second-order valence-corrected chi connectivity index (χ2v) is 8.78. The Kier molecular flexibility index (Phi) is 9.15. The maximum Gasteiger partial charge on any atom is 0.407 e. The zero-order valence-electron chi connectivity index (χ0n) is 19.5. The summed E-state index contributed by atoms with van der Waals surface area (Å²) in [5.74, 6) is 0.749. The van der Waals surface area contributed by atoms with E-state index in [9.17, 15) is 9.59 Å². The molecule has 1 saturated heterocycles. The van der Waals surface area contributed by atoms with Gasteiger partial charge in [0.05, 0.1) is 6.04 Å². The molecular formula is C23H37N5O3. The van der Waals surface area contributed by atoms with Gasteiger partial charge in [-0.15, -0.1) is 0 Å². The minimum absolute atomic E-state index is 0.0268. The summed E-state index contributed by atoms with van der Waals surface area (Å²) >= 11 is 0. The second kappa shape index (κ2) is 11.6. The number of carbonyl (C=O) groups excluding carboxylic acids is 2. The zero-order valence-corrected chi connectivity index (χ0v) is 19.5. The van der Waals surface area contributed by atoms with E-state index in [0.717, 1.165) is 37.3 Å². The fourth-order valence-electron chi connectivity index (χ4n) is 3.31. The van der Waals surface area contributed by atoms with Crippen LogP contribution in [-0.2, 0) is 11.3 Å². The maximum atomic E-state index is 12.1. The largest absolute Gasteiger partial charge is 0.444 e. The molecule has 8 heteroatoms. The summed E-state index contributed by atoms with van der Waals surface area (Å²) in [7, 11) is 1.75. The summed E-state index contributed by atoms with van der Waals surface area (Å²) in [5.41, 5.74) is 1.22. The van der Waals surface area contributed by atoms with E-state index in [1.54, 1.807) is 7.05 Å². The quantitative estimate of drug-likeness (QED) is 0.351. The van der Waals surface area contributed by atoms with Crippen molar-refractivity contribution in [2.45, 2.75) is 65.1 Å². The summed E-state index contributed by atoms with van der Waals surface area (Å²) < 4.78 is 5.34. The van der Waals surface area contributed by atoms with Crippen molar-refractivity contribution in [2.24, 2.45) is 4.99 Å². The zero-order chi connectivity index (χ0) is 22.9. The lowest BCUT2D eigenvalue weighted by molar-refractivity contribution is 0.0507. The maximum absolute atomic E-state index is 12.1. The Hall–Kier alpha value is -2.77. The number of hydrogen-bond donors (Lipinski definition) is 3. The van der Waals surface area contributed by atoms with E-state index in [0.29, 0.717) is 25.2 Å². The standard InChI is InChI=1S/C23H37N5O3/c1-6-7-13-25-20(29)18-10-8-17(9-11-18)15-26-21(24-5)28-14-12-19(16-28)27-22(30)31-23(2,3)4/h8-11,19H,6-7,12-16H2,1-5H3,(H,24,26)(H,25,29)(H,27,30). The molecule has 8 nitrogen and oxygen atoms in total. The van der Waals surface area contributed by atoms with E-state index >= 15 is 0 Å². The van der Waals surface area contributed by atoms with Crippen molar-refractivity contribution in [1.29, 1.82) is 0 Å². The lowest BCUT2D eigenvalue weighted by Crippen LogP contribution is -2.44. The monoisotopic (exact) mass is 431 g/mol. The fraction of sp³-hybridized carbons (Fsp3) is 0.609. The Balaban J connectivity index is 1.81. The van der Waals surface area contributed by atoms with E-state index in [4.69, 9.17) is 4.74 Å². The summed E-state index contributed by atoms with van der Waals surface area (Å²) in [5, 5.41) is 9.22. The highest BCUT2D eigenvalue weighted by molar-refractivity contribution is 5.94. The smallest absolute Gasteiger partial charge is 0.407 e. The number of guanidine groups is 1. The van der Waals surface area contributed by atoms with Crippen molar-refractivity contribution in [3.8, 4) is 0 Å². The lowest BCUT2D eigenvalue weighted by Gasteiger charge is -2.23. The van der Waals surface area contributed by atoms with Gasteiger partial charge < -0.3 is 25.6 Å². The normalized spacial score (nSPS) is 16.7. The molecule has 0 spiro atoms. The van der Waals surface area contributed by atoms with Crippen molar-refractivity contribution in [3.05, 3.63) is 35.4 Å². The summed E-state index contributed by atoms with van der Waals surface area (Å²) in [6.45, 7) is 10.4. The molecule has 172 valence electrons. The van der Waals surface area contributed by atoms with Gasteiger partial charge in [-0.25, -0.2) is 4.79 Å². The molecule has 1 aliphatic rings. The average molecular weight is 432 g/mol. The number of unbranched alkanes of at least 4 members (excludes halogenated alkanes) is 1. The molecule has 0 saturated carbocycles. The minimum atomic E-state index is -0.508. The van der Waals surface area contributed by atoms with E-state index in [1.807, 2.05) is 45.0 Å². The highest BCUT2D eigenvalue weighted by Crippen LogP contribution is 2.12. The van der Waals surface area contributed by atoms with Gasteiger partial charge in [0.25, 0.3) is 5.91 Å². The van der Waals surface area contributed by atoms with Crippen LogP contribution >= 0.6 is 0 Å². The summed E-state index contributed by atoms with van der Waals surface area (Å²) in [6, 6.07) is 7.62. The van der Waals surface area contributed by atoms with E-state index in [2.05, 4.69) is 32.8 Å². The third-order valence-corrected chi connectivity index (χ3v) is 4.90. The molecule has 1 heterocycles. The lowest BCUT2D eigenvalue weighted by atomic mass is 10.1. The summed E-state index contributed by atoms with van der Waals surface area (Å²) in [4.78, 5) is 30.6. The van der Waals surface area contributed by atoms with Crippen molar-refractivity contribution in [1.82, 2.24) is 20.9 Å². The second-order valence-electron chi connectivity index (χ2n) is 8.78. The Bertz CT molecular complexity index is 755. The molecule has 3 N–H and O–H groups in total. The van der Waals surface area contributed by atoms with E-state index in [-0.39, 0.29) is 18.0 Å². The van der Waals surface area contributed by atoms with Gasteiger partial charge >= 0.3 is 6.09 Å². The molecule has 1 aromatic rings. The van der Waals surface area contributed by atoms with Gasteiger partial charge in [0.15, 0.2) is 5.96 Å². The number of aliphatic imine (C=N–C) groups is 1. The number of likely N-dealkylation sites (tertiary alicyclic amines) is 1. The topological polar surface area (TPSA) is 95.1 Å². The predicted octanol–water partition coefficient (Wildman–Crippen LogP) is 2.89. The third-order valence-electron chi connectivity index (χ3n) is 4.90. The highest BCUT2D eigenvalue weighted by atomic mass is 16.6. The Labute approximate surface area is 185 Å². The molecule has 0 bridgehead atoms. The number of alkyl carbamates (subject to hydrolysis) is 1. The predicted molar refractivity (Wildman–Crippen MR) is 123 cm³/mol. The van der Waals surface area contributed by atoms with Crippen LogP contribution in [0.5, 0.6) is 0 Å². The molecule has 0 radical (unpaired) electrons. The number of rotatable bonds is 7. The van der Waals surface area contributed by atoms with Gasteiger partial charge in [0, 0.05) is 38.8 Å². The van der Waals surface area contributed by atoms with Crippen LogP contribution in [0.25, 0.3) is 0 Å². The number of amides is 2. The Morgan fingerprint density at radius 1 is 1.19 bits per heavy atom. The van der Waals surface area contributed by atoms with Gasteiger partial charge in [-0.3, -0.25) is 9.79 Å². The minimum Gasteiger partial charge on any atom is -0.444 e. The van der Waals surface area contributed by atoms with Gasteiger partial charge in [0.2, 0.25) is 0 Å². The van der Waals surface area contributed by atoms with Crippen molar-refractivity contribution >= 4 is 18.0 Å². The van der Waals surface area contributed by atoms with Crippen LogP contribution in [0.2, 0.25) is 0 Å².